The molecule has 0 amide bonds. The Hall–Kier alpha value is -2.76. The Kier molecular flexibility index (Phi) is 2.30. The van der Waals surface area contributed by atoms with Crippen LogP contribution in [0.2, 0.25) is 0 Å². The highest BCUT2D eigenvalue weighted by Gasteiger charge is 2.66. The number of epoxide rings is 1. The number of fused-ring (bicyclic) bond motifs is 4. The molecule has 25 heavy (non-hydrogen) atoms. The molecular formula is C20H14O5. The Morgan fingerprint density at radius 1 is 0.880 bits per heavy atom. The van der Waals surface area contributed by atoms with Crippen molar-refractivity contribution in [3.63, 3.8) is 0 Å². The Labute approximate surface area is 143 Å². The molecule has 3 aromatic carbocycles. The van der Waals surface area contributed by atoms with Crippen LogP contribution < -0.4 is 9.47 Å². The summed E-state index contributed by atoms with van der Waals surface area (Å²) in [6.07, 6.45) is -1.78. The minimum Gasteiger partial charge on any atom is -0.508 e. The Morgan fingerprint density at radius 2 is 1.56 bits per heavy atom. The van der Waals surface area contributed by atoms with Crippen LogP contribution in [0, 0.1) is 0 Å². The van der Waals surface area contributed by atoms with E-state index in [1.807, 2.05) is 42.5 Å². The van der Waals surface area contributed by atoms with E-state index >= 15 is 0 Å². The normalized spacial score (nSPS) is 27.2. The lowest BCUT2D eigenvalue weighted by atomic mass is 9.83. The molecule has 3 unspecified atom stereocenters. The molecule has 1 spiro atoms. The Morgan fingerprint density at radius 3 is 2.28 bits per heavy atom. The fourth-order valence-corrected chi connectivity index (χ4v) is 4.15. The van der Waals surface area contributed by atoms with Crippen molar-refractivity contribution in [3.8, 4) is 17.2 Å². The van der Waals surface area contributed by atoms with Gasteiger partial charge in [0.05, 0.1) is 5.39 Å². The number of hydrogen-bond acceptors (Lipinski definition) is 5. The van der Waals surface area contributed by atoms with Gasteiger partial charge in [-0.2, -0.15) is 0 Å². The van der Waals surface area contributed by atoms with Crippen LogP contribution in [-0.2, 0) is 10.5 Å². The smallest absolute Gasteiger partial charge is 0.307 e. The fourth-order valence-electron chi connectivity index (χ4n) is 4.15. The van der Waals surface area contributed by atoms with E-state index in [1.165, 1.54) is 0 Å². The van der Waals surface area contributed by atoms with Crippen LogP contribution in [0.1, 0.15) is 17.2 Å². The second-order valence-corrected chi connectivity index (χ2v) is 6.69. The van der Waals surface area contributed by atoms with E-state index < -0.39 is 18.0 Å². The van der Waals surface area contributed by atoms with Crippen LogP contribution in [0.15, 0.2) is 54.6 Å². The molecule has 124 valence electrons. The number of ether oxygens (including phenoxy) is 3. The molecule has 3 atom stereocenters. The fraction of sp³-hybridized carbons (Fsp3) is 0.200. The molecule has 5 nitrogen and oxygen atoms in total. The second-order valence-electron chi connectivity index (χ2n) is 6.69. The van der Waals surface area contributed by atoms with Gasteiger partial charge < -0.3 is 24.4 Å². The molecule has 1 aliphatic carbocycles. The van der Waals surface area contributed by atoms with Gasteiger partial charge in [0.25, 0.3) is 0 Å². The van der Waals surface area contributed by atoms with E-state index in [0.29, 0.717) is 22.6 Å². The molecule has 2 aliphatic heterocycles. The molecule has 0 radical (unpaired) electrons. The van der Waals surface area contributed by atoms with E-state index in [9.17, 15) is 10.2 Å². The van der Waals surface area contributed by atoms with Gasteiger partial charge in [-0.25, -0.2) is 0 Å². The van der Waals surface area contributed by atoms with Crippen LogP contribution in [-0.4, -0.2) is 22.4 Å². The van der Waals surface area contributed by atoms with Gasteiger partial charge in [0.1, 0.15) is 29.5 Å². The summed E-state index contributed by atoms with van der Waals surface area (Å²) in [5, 5.41) is 23.2. The van der Waals surface area contributed by atoms with Crippen molar-refractivity contribution in [1.82, 2.24) is 0 Å². The van der Waals surface area contributed by atoms with Crippen LogP contribution in [0.4, 0.5) is 0 Å². The van der Waals surface area contributed by atoms with Gasteiger partial charge >= 0.3 is 5.79 Å². The molecule has 0 aromatic heterocycles. The topological polar surface area (TPSA) is 71.5 Å². The van der Waals surface area contributed by atoms with Gasteiger partial charge in [0, 0.05) is 11.1 Å². The first-order valence-corrected chi connectivity index (χ1v) is 8.25. The third-order valence-corrected chi connectivity index (χ3v) is 5.32. The van der Waals surface area contributed by atoms with Crippen LogP contribution >= 0.6 is 0 Å². The van der Waals surface area contributed by atoms with Crippen molar-refractivity contribution in [1.29, 1.82) is 0 Å². The molecule has 1 fully saturated rings. The Balaban J connectivity index is 1.64. The van der Waals surface area contributed by atoms with Gasteiger partial charge in [-0.15, -0.1) is 0 Å². The summed E-state index contributed by atoms with van der Waals surface area (Å²) < 4.78 is 18.1. The number of aromatic hydroxyl groups is 1. The van der Waals surface area contributed by atoms with Gasteiger partial charge in [0.15, 0.2) is 6.10 Å². The van der Waals surface area contributed by atoms with E-state index in [1.54, 1.807) is 12.1 Å². The first kappa shape index (κ1) is 13.5. The quantitative estimate of drug-likeness (QED) is 0.619. The molecule has 2 N–H and O–H groups in total. The average Bonchev–Trinajstić information content (AvgIpc) is 3.41. The maximum Gasteiger partial charge on any atom is 0.307 e. The predicted molar refractivity (Wildman–Crippen MR) is 88.6 cm³/mol. The van der Waals surface area contributed by atoms with Crippen LogP contribution in [0.5, 0.6) is 17.2 Å². The number of phenols is 1. The summed E-state index contributed by atoms with van der Waals surface area (Å²) in [5.41, 5.74) is 1.23. The minimum absolute atomic E-state index is 0.126. The molecule has 2 heterocycles. The summed E-state index contributed by atoms with van der Waals surface area (Å²) in [4.78, 5) is 0. The van der Waals surface area contributed by atoms with Crippen molar-refractivity contribution >= 4 is 10.8 Å². The highest BCUT2D eigenvalue weighted by molar-refractivity contribution is 5.94. The van der Waals surface area contributed by atoms with Crippen LogP contribution in [0.3, 0.4) is 0 Å². The standard InChI is InChI=1S/C20H14O5/c21-12-7-3-6-11-16(12)17-18(23-17)19(22)20(11)24-13-8-1-4-10-5-2-9-14(25-20)15(10)13/h1-9,17-19,21-22H. The van der Waals surface area contributed by atoms with Crippen LogP contribution in [0.25, 0.3) is 10.8 Å². The lowest BCUT2D eigenvalue weighted by molar-refractivity contribution is -0.206. The van der Waals surface area contributed by atoms with E-state index in [0.717, 1.165) is 10.8 Å². The second kappa shape index (κ2) is 4.25. The first-order valence-electron chi connectivity index (χ1n) is 8.25. The van der Waals surface area contributed by atoms with Crippen molar-refractivity contribution in [2.45, 2.75) is 24.1 Å². The molecule has 0 saturated carbocycles. The zero-order valence-electron chi connectivity index (χ0n) is 13.0. The summed E-state index contributed by atoms with van der Waals surface area (Å²) in [6.45, 7) is 0. The molecule has 5 heteroatoms. The summed E-state index contributed by atoms with van der Waals surface area (Å²) >= 11 is 0. The first-order chi connectivity index (χ1) is 12.2. The van der Waals surface area contributed by atoms with Gasteiger partial charge in [-0.1, -0.05) is 36.4 Å². The SMILES string of the molecule is Oc1cccc2c1C1OC1C(O)C21Oc2cccc3cccc(c23)O1. The number of rotatable bonds is 0. The number of phenolic OH excluding ortho intramolecular Hbond substituents is 1. The largest absolute Gasteiger partial charge is 0.508 e. The molecule has 1 saturated heterocycles. The summed E-state index contributed by atoms with van der Waals surface area (Å²) in [6, 6.07) is 16.7. The summed E-state index contributed by atoms with van der Waals surface area (Å²) in [5.74, 6) is -0.0203. The number of benzene rings is 3. The van der Waals surface area contributed by atoms with E-state index in [2.05, 4.69) is 0 Å². The summed E-state index contributed by atoms with van der Waals surface area (Å²) in [7, 11) is 0. The minimum atomic E-state index is -1.44. The highest BCUT2D eigenvalue weighted by Crippen LogP contribution is 2.59. The number of hydrogen-bond donors (Lipinski definition) is 2. The monoisotopic (exact) mass is 334 g/mol. The maximum absolute atomic E-state index is 11.0. The zero-order chi connectivity index (χ0) is 16.8. The van der Waals surface area contributed by atoms with Crippen molar-refractivity contribution in [2.75, 3.05) is 0 Å². The van der Waals surface area contributed by atoms with E-state index in [-0.39, 0.29) is 11.9 Å². The lowest BCUT2D eigenvalue weighted by Crippen LogP contribution is -2.55. The predicted octanol–water partition coefficient (Wildman–Crippen LogP) is 2.98. The van der Waals surface area contributed by atoms with Gasteiger partial charge in [0.2, 0.25) is 0 Å². The molecular weight excluding hydrogens is 320 g/mol. The lowest BCUT2D eigenvalue weighted by Gasteiger charge is -2.43. The molecule has 6 rings (SSSR count). The van der Waals surface area contributed by atoms with E-state index in [4.69, 9.17) is 14.2 Å². The molecule has 3 aliphatic rings. The number of aliphatic hydroxyl groups excluding tert-OH is 1. The number of aliphatic hydroxyl groups is 1. The molecule has 3 aromatic rings. The Bertz CT molecular complexity index is 1000. The highest BCUT2D eigenvalue weighted by atomic mass is 16.7. The van der Waals surface area contributed by atoms with Crippen molar-refractivity contribution in [3.05, 3.63) is 65.7 Å². The third kappa shape index (κ3) is 1.55. The van der Waals surface area contributed by atoms with Gasteiger partial charge in [-0.3, -0.25) is 0 Å². The van der Waals surface area contributed by atoms with Gasteiger partial charge in [-0.05, 0) is 23.6 Å². The van der Waals surface area contributed by atoms with Crippen molar-refractivity contribution < 1.29 is 24.4 Å². The average molecular weight is 334 g/mol. The maximum atomic E-state index is 11.0. The zero-order valence-corrected chi connectivity index (χ0v) is 13.0. The third-order valence-electron chi connectivity index (χ3n) is 5.32. The molecule has 0 bridgehead atoms. The van der Waals surface area contributed by atoms with Crippen molar-refractivity contribution in [2.24, 2.45) is 0 Å².